The first-order valence-electron chi connectivity index (χ1n) is 15.9. The molecule has 6 rings (SSSR count). The highest BCUT2D eigenvalue weighted by atomic mass is 19.1. The highest BCUT2D eigenvalue weighted by molar-refractivity contribution is 6.04. The predicted molar refractivity (Wildman–Crippen MR) is 181 cm³/mol. The van der Waals surface area contributed by atoms with Crippen LogP contribution in [0.2, 0.25) is 0 Å². The second-order valence-corrected chi connectivity index (χ2v) is 12.8. The topological polar surface area (TPSA) is 70.0 Å². The molecule has 1 aromatic heterocycles. The summed E-state index contributed by atoms with van der Waals surface area (Å²) in [4.78, 5) is 27.1. The van der Waals surface area contributed by atoms with Crippen LogP contribution in [-0.2, 0) is 16.1 Å². The Bertz CT molecular complexity index is 1870. The third-order valence-electron chi connectivity index (χ3n) is 8.44. The molecule has 0 radical (unpaired) electrons. The molecule has 7 nitrogen and oxygen atoms in total. The number of hydrogen-bond donors (Lipinski definition) is 0. The zero-order chi connectivity index (χ0) is 33.1. The summed E-state index contributed by atoms with van der Waals surface area (Å²) in [6.45, 7) is 7.05. The summed E-state index contributed by atoms with van der Waals surface area (Å²) in [5.41, 5.74) is 5.56. The predicted octanol–water partition coefficient (Wildman–Crippen LogP) is 8.92. The Labute approximate surface area is 274 Å². The number of esters is 1. The number of nitrogens with zero attached hydrogens (tertiary/aromatic N) is 2. The Morgan fingerprint density at radius 3 is 2.17 bits per heavy atom. The smallest absolute Gasteiger partial charge is 0.410 e. The van der Waals surface area contributed by atoms with Gasteiger partial charge in [0.05, 0.1) is 23.6 Å². The van der Waals surface area contributed by atoms with E-state index in [-0.39, 0.29) is 17.8 Å². The van der Waals surface area contributed by atoms with Crippen LogP contribution in [0.1, 0.15) is 61.1 Å². The lowest BCUT2D eigenvalue weighted by atomic mass is 9.88. The van der Waals surface area contributed by atoms with E-state index in [0.717, 1.165) is 39.0 Å². The maximum absolute atomic E-state index is 14.2. The number of likely N-dealkylation sites (tertiary alicyclic amines) is 1. The molecule has 2 heterocycles. The Hall–Kier alpha value is -5.11. The fraction of sp³-hybridized carbons (Fsp3) is 0.282. The molecule has 0 N–H and O–H groups in total. The van der Waals surface area contributed by atoms with Crippen LogP contribution in [0, 0.1) is 5.82 Å². The molecule has 1 aliphatic heterocycles. The molecule has 4 aromatic carbocycles. The molecular formula is C39H39FN2O5. The number of benzene rings is 4. The first-order valence-corrected chi connectivity index (χ1v) is 15.9. The van der Waals surface area contributed by atoms with Crippen molar-refractivity contribution in [2.45, 2.75) is 51.7 Å². The van der Waals surface area contributed by atoms with Crippen molar-refractivity contribution in [3.05, 3.63) is 120 Å². The highest BCUT2D eigenvalue weighted by Gasteiger charge is 2.33. The van der Waals surface area contributed by atoms with Crippen LogP contribution >= 0.6 is 0 Å². The normalized spacial score (nSPS) is 13.9. The molecule has 1 aliphatic rings. The first kappa shape index (κ1) is 31.9. The summed E-state index contributed by atoms with van der Waals surface area (Å²) in [6, 6.07) is 29.9. The number of hydrogen-bond acceptors (Lipinski definition) is 5. The lowest BCUT2D eigenvalue weighted by Crippen LogP contribution is -2.41. The Morgan fingerprint density at radius 2 is 1.53 bits per heavy atom. The van der Waals surface area contributed by atoms with Gasteiger partial charge in [0.1, 0.15) is 23.8 Å². The molecule has 5 aromatic rings. The summed E-state index contributed by atoms with van der Waals surface area (Å²) in [5.74, 6) is 0.0324. The van der Waals surface area contributed by atoms with Gasteiger partial charge in [0, 0.05) is 36.0 Å². The first-order chi connectivity index (χ1) is 22.6. The molecule has 0 unspecified atom stereocenters. The maximum Gasteiger partial charge on any atom is 0.410 e. The summed E-state index contributed by atoms with van der Waals surface area (Å²) >= 11 is 0. The number of fused-ring (bicyclic) bond motifs is 1. The lowest BCUT2D eigenvalue weighted by Gasteiger charge is -2.34. The third kappa shape index (κ3) is 6.87. The number of ether oxygens (including phenoxy) is 3. The molecule has 1 fully saturated rings. The van der Waals surface area contributed by atoms with Crippen LogP contribution in [0.3, 0.4) is 0 Å². The van der Waals surface area contributed by atoms with E-state index < -0.39 is 11.6 Å². The number of methoxy groups -OCH3 is 1. The average Bonchev–Trinajstić information content (AvgIpc) is 3.43. The third-order valence-corrected chi connectivity index (χ3v) is 8.44. The Morgan fingerprint density at radius 1 is 0.851 bits per heavy atom. The van der Waals surface area contributed by atoms with Gasteiger partial charge >= 0.3 is 12.1 Å². The van der Waals surface area contributed by atoms with Gasteiger partial charge < -0.3 is 23.7 Å². The van der Waals surface area contributed by atoms with Crippen molar-refractivity contribution < 1.29 is 28.2 Å². The fourth-order valence-electron chi connectivity index (χ4n) is 6.28. The number of carbonyl (C=O) groups is 2. The zero-order valence-electron chi connectivity index (χ0n) is 27.2. The second-order valence-electron chi connectivity index (χ2n) is 12.8. The second kappa shape index (κ2) is 13.3. The van der Waals surface area contributed by atoms with Crippen molar-refractivity contribution in [3.8, 4) is 22.6 Å². The van der Waals surface area contributed by atoms with Gasteiger partial charge in [-0.1, -0.05) is 48.5 Å². The van der Waals surface area contributed by atoms with Gasteiger partial charge in [-0.05, 0) is 93.3 Å². The van der Waals surface area contributed by atoms with Crippen LogP contribution in [-0.4, -0.2) is 47.3 Å². The number of piperidine rings is 1. The molecule has 0 spiro atoms. The minimum atomic E-state index is -0.581. The van der Waals surface area contributed by atoms with Gasteiger partial charge in [-0.3, -0.25) is 0 Å². The average molecular weight is 635 g/mol. The SMILES string of the molecule is COC(=O)c1ccc(-c2c(C3CCN(C(=O)OC(C)(C)C)CC3)n(-c3ccc(F)cc3)c3cccc(OCc4ccccc4)c23)cc1. The minimum Gasteiger partial charge on any atom is -0.488 e. The van der Waals surface area contributed by atoms with Crippen molar-refractivity contribution in [1.82, 2.24) is 9.47 Å². The van der Waals surface area contributed by atoms with E-state index >= 15 is 0 Å². The summed E-state index contributed by atoms with van der Waals surface area (Å²) in [5, 5.41) is 0.920. The number of halogens is 1. The molecular weight excluding hydrogens is 595 g/mol. The highest BCUT2D eigenvalue weighted by Crippen LogP contribution is 2.47. The molecule has 1 amide bonds. The van der Waals surface area contributed by atoms with E-state index in [1.165, 1.54) is 19.2 Å². The summed E-state index contributed by atoms with van der Waals surface area (Å²) in [7, 11) is 1.37. The number of aromatic nitrogens is 1. The van der Waals surface area contributed by atoms with E-state index in [1.807, 2.05) is 75.4 Å². The van der Waals surface area contributed by atoms with Crippen molar-refractivity contribution in [2.75, 3.05) is 20.2 Å². The molecule has 0 saturated carbocycles. The van der Waals surface area contributed by atoms with Gasteiger partial charge in [-0.2, -0.15) is 0 Å². The fourth-order valence-corrected chi connectivity index (χ4v) is 6.28. The standard InChI is InChI=1S/C39H39FN2O5/c1-39(2,3)47-38(44)41-23-21-28(22-24-41)36-34(27-13-15-29(16-14-27)37(43)45-4)35-32(42(36)31-19-17-30(40)18-20-31)11-8-12-33(35)46-25-26-9-6-5-7-10-26/h5-20,28H,21-25H2,1-4H3. The van der Waals surface area contributed by atoms with Crippen molar-refractivity contribution >= 4 is 23.0 Å². The van der Waals surface area contributed by atoms with Crippen LogP contribution in [0.5, 0.6) is 5.75 Å². The molecule has 0 atom stereocenters. The summed E-state index contributed by atoms with van der Waals surface area (Å²) < 4.78 is 33.6. The van der Waals surface area contributed by atoms with Crippen LogP contribution in [0.25, 0.3) is 27.7 Å². The van der Waals surface area contributed by atoms with E-state index in [2.05, 4.69) is 10.6 Å². The van der Waals surface area contributed by atoms with E-state index in [1.54, 1.807) is 29.2 Å². The lowest BCUT2D eigenvalue weighted by molar-refractivity contribution is 0.0203. The van der Waals surface area contributed by atoms with Gasteiger partial charge in [0.15, 0.2) is 0 Å². The number of rotatable bonds is 7. The van der Waals surface area contributed by atoms with Crippen molar-refractivity contribution in [1.29, 1.82) is 0 Å². The largest absolute Gasteiger partial charge is 0.488 e. The molecule has 242 valence electrons. The maximum atomic E-state index is 14.2. The van der Waals surface area contributed by atoms with Crippen LogP contribution in [0.4, 0.5) is 9.18 Å². The van der Waals surface area contributed by atoms with E-state index in [4.69, 9.17) is 14.2 Å². The molecule has 8 heteroatoms. The van der Waals surface area contributed by atoms with Gasteiger partial charge in [0.2, 0.25) is 0 Å². The molecule has 0 bridgehead atoms. The minimum absolute atomic E-state index is 0.0448. The van der Waals surface area contributed by atoms with E-state index in [0.29, 0.717) is 43.9 Å². The number of carbonyl (C=O) groups excluding carboxylic acids is 2. The van der Waals surface area contributed by atoms with Crippen molar-refractivity contribution in [3.63, 3.8) is 0 Å². The van der Waals surface area contributed by atoms with Crippen LogP contribution in [0.15, 0.2) is 97.1 Å². The Balaban J connectivity index is 1.52. The quantitative estimate of drug-likeness (QED) is 0.167. The molecule has 47 heavy (non-hydrogen) atoms. The molecule has 1 saturated heterocycles. The Kier molecular flexibility index (Phi) is 9.03. The van der Waals surface area contributed by atoms with Gasteiger partial charge in [0.25, 0.3) is 0 Å². The van der Waals surface area contributed by atoms with Crippen molar-refractivity contribution in [2.24, 2.45) is 0 Å². The zero-order valence-corrected chi connectivity index (χ0v) is 27.2. The molecule has 0 aliphatic carbocycles. The monoisotopic (exact) mass is 634 g/mol. The van der Waals surface area contributed by atoms with Gasteiger partial charge in [-0.25, -0.2) is 14.0 Å². The van der Waals surface area contributed by atoms with Gasteiger partial charge in [-0.15, -0.1) is 0 Å². The van der Waals surface area contributed by atoms with Crippen LogP contribution < -0.4 is 4.74 Å². The number of amides is 1. The van der Waals surface area contributed by atoms with E-state index in [9.17, 15) is 14.0 Å². The summed E-state index contributed by atoms with van der Waals surface area (Å²) in [6.07, 6.45) is 1.08.